The van der Waals surface area contributed by atoms with Gasteiger partial charge in [0.15, 0.2) is 0 Å². The summed E-state index contributed by atoms with van der Waals surface area (Å²) < 4.78 is 105. The van der Waals surface area contributed by atoms with E-state index in [2.05, 4.69) is 0 Å². The first kappa shape index (κ1) is 14.3. The van der Waals surface area contributed by atoms with Crippen LogP contribution in [0.4, 0.5) is 35.1 Å². The van der Waals surface area contributed by atoms with Crippen LogP contribution >= 0.6 is 0 Å². The Bertz CT molecular complexity index is 853. The van der Waals surface area contributed by atoms with Crippen LogP contribution in [0.25, 0.3) is 19.3 Å². The van der Waals surface area contributed by atoms with E-state index in [-0.39, 0.29) is 0 Å². The van der Waals surface area contributed by atoms with Gasteiger partial charge in [0.05, 0.1) is 0 Å². The van der Waals surface area contributed by atoms with Crippen molar-refractivity contribution in [2.24, 2.45) is 0 Å². The van der Waals surface area contributed by atoms with Crippen molar-refractivity contribution >= 4 is 33.8 Å². The minimum atomic E-state index is -2.24. The molecule has 0 saturated heterocycles. The van der Waals surface area contributed by atoms with Gasteiger partial charge in [-0.15, -0.1) is 0 Å². The summed E-state index contributed by atoms with van der Waals surface area (Å²) >= 11 is -1.58. The third-order valence-corrected chi connectivity index (χ3v) is 5.37. The zero-order valence-electron chi connectivity index (χ0n) is 9.43. The summed E-state index contributed by atoms with van der Waals surface area (Å²) in [6, 6.07) is 0. The zero-order valence-corrected chi connectivity index (χ0v) is 11.1. The molecular weight excluding hydrogens is 375 g/mol. The van der Waals surface area contributed by atoms with Crippen LogP contribution < -0.4 is 0 Å². The first-order valence-electron chi connectivity index (χ1n) is 5.17. The Kier molecular flexibility index (Phi) is 3.04. The molecule has 0 N–H and O–H groups in total. The maximum absolute atomic E-state index is 13.7. The Labute approximate surface area is 116 Å². The summed E-state index contributed by atoms with van der Waals surface area (Å²) in [6.07, 6.45) is 0. The van der Waals surface area contributed by atoms with E-state index in [1.165, 1.54) is 0 Å². The number of hydrogen-bond donors (Lipinski definition) is 0. The summed E-state index contributed by atoms with van der Waals surface area (Å²) in [5.41, 5.74) is 0. The van der Waals surface area contributed by atoms with Crippen LogP contribution in [0.1, 0.15) is 0 Å². The molecule has 0 aliphatic carbocycles. The van der Waals surface area contributed by atoms with Gasteiger partial charge in [0.2, 0.25) is 0 Å². The van der Waals surface area contributed by atoms with E-state index in [1.54, 1.807) is 0 Å². The maximum atomic E-state index is 13.7. The van der Waals surface area contributed by atoms with Gasteiger partial charge in [-0.3, -0.25) is 0 Å². The van der Waals surface area contributed by atoms with Crippen molar-refractivity contribution < 1.29 is 35.1 Å². The third kappa shape index (κ3) is 1.67. The molecule has 0 unspecified atom stereocenters. The molecule has 110 valence electrons. The molecule has 0 aliphatic rings. The van der Waals surface area contributed by atoms with E-state index >= 15 is 0 Å². The molecule has 0 fully saturated rings. The quantitative estimate of drug-likeness (QED) is 0.240. The number of rotatable bonds is 0. The molecule has 0 radical (unpaired) electrons. The van der Waals surface area contributed by atoms with Gasteiger partial charge >= 0.3 is 115 Å². The van der Waals surface area contributed by atoms with Crippen LogP contribution in [0.2, 0.25) is 0 Å². The fraction of sp³-hybridized carbons (Fsp3) is 0. The van der Waals surface area contributed by atoms with Crippen molar-refractivity contribution in [3.8, 4) is 0 Å². The molecule has 0 bridgehead atoms. The standard InChI is InChI=1S/C12F8Se/c13-3-1-2-4(14)6(16)8(18)10(20)12(2)21-11(1)9(19)7(17)5(3)15. The van der Waals surface area contributed by atoms with Gasteiger partial charge in [-0.05, 0) is 0 Å². The predicted octanol–water partition coefficient (Wildman–Crippen LogP) is 4.16. The molecule has 0 atom stereocenters. The van der Waals surface area contributed by atoms with Gasteiger partial charge in [0.1, 0.15) is 0 Å². The molecule has 3 rings (SSSR count). The Balaban J connectivity index is 2.73. The molecule has 0 aliphatic heterocycles. The second-order valence-corrected chi connectivity index (χ2v) is 6.16. The molecule has 0 nitrogen and oxygen atoms in total. The number of benzene rings is 2. The summed E-state index contributed by atoms with van der Waals surface area (Å²) in [5, 5.41) is -2.23. The molecule has 3 aromatic rings. The zero-order chi connectivity index (χ0) is 15.6. The summed E-state index contributed by atoms with van der Waals surface area (Å²) in [5.74, 6) is -16.4. The minimum absolute atomic E-state index is 0.836. The average Bonchev–Trinajstić information content (AvgIpc) is 2.87. The van der Waals surface area contributed by atoms with Crippen molar-refractivity contribution in [3.63, 3.8) is 0 Å². The summed E-state index contributed by atoms with van der Waals surface area (Å²) in [6.45, 7) is 0. The number of hydrogen-bond acceptors (Lipinski definition) is 0. The molecule has 2 aromatic carbocycles. The number of fused-ring (bicyclic) bond motifs is 3. The molecule has 0 spiro atoms. The average molecular weight is 375 g/mol. The van der Waals surface area contributed by atoms with Crippen molar-refractivity contribution in [2.45, 2.75) is 0 Å². The second kappa shape index (κ2) is 4.45. The summed E-state index contributed by atoms with van der Waals surface area (Å²) in [4.78, 5) is 0. The van der Waals surface area contributed by atoms with E-state index in [1.807, 2.05) is 0 Å². The molecule has 21 heavy (non-hydrogen) atoms. The van der Waals surface area contributed by atoms with E-state index in [9.17, 15) is 35.1 Å². The van der Waals surface area contributed by atoms with Crippen molar-refractivity contribution in [2.75, 3.05) is 0 Å². The third-order valence-electron chi connectivity index (χ3n) is 2.90. The fourth-order valence-corrected chi connectivity index (χ4v) is 4.38. The van der Waals surface area contributed by atoms with Crippen molar-refractivity contribution in [1.29, 1.82) is 0 Å². The molecule has 1 heterocycles. The Morgan fingerprint density at radius 3 is 1.00 bits per heavy atom. The van der Waals surface area contributed by atoms with Gasteiger partial charge in [-0.2, -0.15) is 0 Å². The van der Waals surface area contributed by atoms with Crippen LogP contribution in [0.15, 0.2) is 0 Å². The molecular formula is C12F8Se. The van der Waals surface area contributed by atoms with Gasteiger partial charge in [0.25, 0.3) is 0 Å². The fourth-order valence-electron chi connectivity index (χ4n) is 1.96. The van der Waals surface area contributed by atoms with Crippen molar-refractivity contribution in [1.82, 2.24) is 0 Å². The van der Waals surface area contributed by atoms with Gasteiger partial charge in [-0.1, -0.05) is 0 Å². The van der Waals surface area contributed by atoms with Crippen LogP contribution in [-0.4, -0.2) is 14.5 Å². The molecule has 9 heteroatoms. The van der Waals surface area contributed by atoms with E-state index in [4.69, 9.17) is 0 Å². The Morgan fingerprint density at radius 2 is 0.667 bits per heavy atom. The first-order valence-corrected chi connectivity index (χ1v) is 6.88. The molecule has 0 saturated carbocycles. The number of halogens is 8. The van der Waals surface area contributed by atoms with E-state index in [0.29, 0.717) is 0 Å². The van der Waals surface area contributed by atoms with Crippen molar-refractivity contribution in [3.05, 3.63) is 46.5 Å². The van der Waals surface area contributed by atoms with E-state index in [0.717, 1.165) is 0 Å². The van der Waals surface area contributed by atoms with E-state index < -0.39 is 80.3 Å². The Morgan fingerprint density at radius 1 is 0.381 bits per heavy atom. The predicted molar refractivity (Wildman–Crippen MR) is 58.1 cm³/mol. The van der Waals surface area contributed by atoms with Gasteiger partial charge in [0, 0.05) is 0 Å². The monoisotopic (exact) mass is 376 g/mol. The normalized spacial score (nSPS) is 11.8. The van der Waals surface area contributed by atoms with Gasteiger partial charge in [-0.25, -0.2) is 0 Å². The first-order chi connectivity index (χ1) is 9.77. The SMILES string of the molecule is Fc1c(F)c(F)c2c([se]c3c(F)c(F)c(F)c(F)c32)c1F. The van der Waals surface area contributed by atoms with Gasteiger partial charge < -0.3 is 0 Å². The van der Waals surface area contributed by atoms with Crippen LogP contribution in [0.3, 0.4) is 0 Å². The van der Waals surface area contributed by atoms with Crippen LogP contribution in [0.5, 0.6) is 0 Å². The second-order valence-electron chi connectivity index (χ2n) is 4.02. The molecule has 1 aromatic heterocycles. The molecule has 0 amide bonds. The summed E-state index contributed by atoms with van der Waals surface area (Å²) in [7, 11) is 0. The van der Waals surface area contributed by atoms with Crippen LogP contribution in [0, 0.1) is 46.5 Å². The Hall–Kier alpha value is -1.60. The van der Waals surface area contributed by atoms with Crippen LogP contribution in [-0.2, 0) is 0 Å². The topological polar surface area (TPSA) is 0 Å².